The van der Waals surface area contributed by atoms with Crippen molar-refractivity contribution in [2.24, 2.45) is 0 Å². The Morgan fingerprint density at radius 1 is 1.19 bits per heavy atom. The summed E-state index contributed by atoms with van der Waals surface area (Å²) < 4.78 is 37.2. The van der Waals surface area contributed by atoms with Crippen LogP contribution in [0, 0.1) is 0 Å². The van der Waals surface area contributed by atoms with Crippen LogP contribution in [-0.4, -0.2) is 28.0 Å². The minimum absolute atomic E-state index is 0.102. The monoisotopic (exact) mass is 234 g/mol. The van der Waals surface area contributed by atoms with E-state index in [1.807, 2.05) is 0 Å². The number of aliphatic carboxylic acids is 1. The first-order valence-corrected chi connectivity index (χ1v) is 4.34. The van der Waals surface area contributed by atoms with Gasteiger partial charge in [0.2, 0.25) is 0 Å². The van der Waals surface area contributed by atoms with Gasteiger partial charge < -0.3 is 10.2 Å². The van der Waals surface area contributed by atoms with E-state index in [2.05, 4.69) is 0 Å². The van der Waals surface area contributed by atoms with E-state index >= 15 is 0 Å². The highest BCUT2D eigenvalue weighted by Gasteiger charge is 2.59. The lowest BCUT2D eigenvalue weighted by Crippen LogP contribution is -2.53. The fraction of sp³-hybridized carbons (Fsp3) is 0.300. The van der Waals surface area contributed by atoms with Gasteiger partial charge in [0.1, 0.15) is 0 Å². The molecule has 0 fully saturated rings. The van der Waals surface area contributed by atoms with Gasteiger partial charge in [-0.1, -0.05) is 30.3 Å². The Hall–Kier alpha value is -1.56. The van der Waals surface area contributed by atoms with Crippen LogP contribution in [0.15, 0.2) is 30.3 Å². The Morgan fingerprint density at radius 3 is 2.06 bits per heavy atom. The lowest BCUT2D eigenvalue weighted by atomic mass is 9.94. The molecular formula is C10H9F3O3. The zero-order chi connectivity index (χ0) is 12.4. The fourth-order valence-corrected chi connectivity index (χ4v) is 1.19. The van der Waals surface area contributed by atoms with Gasteiger partial charge in [-0.15, -0.1) is 0 Å². The SMILES string of the molecule is O=C(O)C(O)(Cc1ccccc1)C(F)(F)F. The highest BCUT2D eigenvalue weighted by molar-refractivity contribution is 5.78. The third-order valence-electron chi connectivity index (χ3n) is 2.13. The van der Waals surface area contributed by atoms with Crippen molar-refractivity contribution >= 4 is 5.97 Å². The standard InChI is InChI=1S/C10H9F3O3/c11-10(12,13)9(16,8(14)15)6-7-4-2-1-3-5-7/h1-5,16H,6H2,(H,14,15). The molecule has 0 spiro atoms. The van der Waals surface area contributed by atoms with E-state index in [4.69, 9.17) is 10.2 Å². The Balaban J connectivity index is 3.03. The molecule has 0 aliphatic heterocycles. The molecule has 0 heterocycles. The van der Waals surface area contributed by atoms with E-state index in [0.29, 0.717) is 0 Å². The topological polar surface area (TPSA) is 57.5 Å². The highest BCUT2D eigenvalue weighted by atomic mass is 19.4. The number of carbonyl (C=O) groups is 1. The third kappa shape index (κ3) is 2.33. The summed E-state index contributed by atoms with van der Waals surface area (Å²) in [6.45, 7) is 0. The zero-order valence-electron chi connectivity index (χ0n) is 8.03. The summed E-state index contributed by atoms with van der Waals surface area (Å²) in [6, 6.07) is 7.15. The molecule has 6 heteroatoms. The number of carboxylic acids is 1. The van der Waals surface area contributed by atoms with Crippen molar-refractivity contribution < 1.29 is 28.2 Å². The number of carboxylic acid groups (broad SMARTS) is 1. The summed E-state index contributed by atoms with van der Waals surface area (Å²) in [5, 5.41) is 17.6. The van der Waals surface area contributed by atoms with Crippen LogP contribution in [0.2, 0.25) is 0 Å². The Bertz CT molecular complexity index is 375. The van der Waals surface area contributed by atoms with Gasteiger partial charge in [0, 0.05) is 6.42 Å². The fourth-order valence-electron chi connectivity index (χ4n) is 1.19. The second kappa shape index (κ2) is 4.13. The average molecular weight is 234 g/mol. The van der Waals surface area contributed by atoms with Gasteiger partial charge in [-0.25, -0.2) is 4.79 Å². The van der Waals surface area contributed by atoms with Crippen molar-refractivity contribution in [1.82, 2.24) is 0 Å². The number of hydrogen-bond acceptors (Lipinski definition) is 2. The molecule has 1 unspecified atom stereocenters. The molecule has 16 heavy (non-hydrogen) atoms. The molecule has 88 valence electrons. The number of rotatable bonds is 3. The van der Waals surface area contributed by atoms with Gasteiger partial charge >= 0.3 is 12.1 Å². The quantitative estimate of drug-likeness (QED) is 0.835. The first-order chi connectivity index (χ1) is 7.27. The van der Waals surface area contributed by atoms with Gasteiger partial charge in [0.15, 0.2) is 0 Å². The molecule has 1 rings (SSSR count). The predicted octanol–water partition coefficient (Wildman–Crippen LogP) is 1.61. The van der Waals surface area contributed by atoms with Crippen molar-refractivity contribution in [3.05, 3.63) is 35.9 Å². The van der Waals surface area contributed by atoms with Gasteiger partial charge in [0.05, 0.1) is 0 Å². The second-order valence-electron chi connectivity index (χ2n) is 3.33. The lowest BCUT2D eigenvalue weighted by Gasteiger charge is -2.25. The van der Waals surface area contributed by atoms with Crippen molar-refractivity contribution in [1.29, 1.82) is 0 Å². The molecule has 0 aliphatic carbocycles. The smallest absolute Gasteiger partial charge is 0.428 e. The number of aliphatic hydroxyl groups is 1. The van der Waals surface area contributed by atoms with Crippen LogP contribution in [0.3, 0.4) is 0 Å². The maximum atomic E-state index is 12.4. The highest BCUT2D eigenvalue weighted by Crippen LogP contribution is 2.33. The van der Waals surface area contributed by atoms with E-state index in [1.165, 1.54) is 24.3 Å². The molecule has 0 saturated heterocycles. The van der Waals surface area contributed by atoms with E-state index < -0.39 is 24.2 Å². The Kier molecular flexibility index (Phi) is 3.23. The Labute approximate surface area is 89.1 Å². The minimum Gasteiger partial charge on any atom is -0.479 e. The van der Waals surface area contributed by atoms with Gasteiger partial charge in [-0.2, -0.15) is 13.2 Å². The molecule has 1 aromatic carbocycles. The number of hydrogen-bond donors (Lipinski definition) is 2. The number of halogens is 3. The predicted molar refractivity (Wildman–Crippen MR) is 48.8 cm³/mol. The van der Waals surface area contributed by atoms with Gasteiger partial charge in [-0.05, 0) is 5.56 Å². The van der Waals surface area contributed by atoms with Crippen LogP contribution in [0.5, 0.6) is 0 Å². The van der Waals surface area contributed by atoms with Crippen LogP contribution >= 0.6 is 0 Å². The first kappa shape index (κ1) is 12.5. The lowest BCUT2D eigenvalue weighted by molar-refractivity contribution is -0.259. The van der Waals surface area contributed by atoms with Crippen LogP contribution < -0.4 is 0 Å². The van der Waals surface area contributed by atoms with Crippen LogP contribution in [-0.2, 0) is 11.2 Å². The van der Waals surface area contributed by atoms with E-state index in [1.54, 1.807) is 6.07 Å². The summed E-state index contributed by atoms with van der Waals surface area (Å²) in [6.07, 6.45) is -6.22. The third-order valence-corrected chi connectivity index (χ3v) is 2.13. The molecule has 0 bridgehead atoms. The molecule has 0 saturated carbocycles. The maximum absolute atomic E-state index is 12.4. The minimum atomic E-state index is -5.21. The molecule has 0 aliphatic rings. The molecule has 0 radical (unpaired) electrons. The molecule has 1 atom stereocenters. The second-order valence-corrected chi connectivity index (χ2v) is 3.33. The molecule has 0 aromatic heterocycles. The summed E-state index contributed by atoms with van der Waals surface area (Å²) in [5.41, 5.74) is -3.64. The van der Waals surface area contributed by atoms with Crippen molar-refractivity contribution in [2.75, 3.05) is 0 Å². The van der Waals surface area contributed by atoms with Crippen molar-refractivity contribution in [3.63, 3.8) is 0 Å². The van der Waals surface area contributed by atoms with Crippen LogP contribution in [0.25, 0.3) is 0 Å². The average Bonchev–Trinajstić information content (AvgIpc) is 2.17. The van der Waals surface area contributed by atoms with Gasteiger partial charge in [-0.3, -0.25) is 0 Å². The van der Waals surface area contributed by atoms with Gasteiger partial charge in [0.25, 0.3) is 5.60 Å². The van der Waals surface area contributed by atoms with Crippen LogP contribution in [0.4, 0.5) is 13.2 Å². The normalized spacial score (nSPS) is 15.5. The van der Waals surface area contributed by atoms with Crippen LogP contribution in [0.1, 0.15) is 5.56 Å². The van der Waals surface area contributed by atoms with E-state index in [9.17, 15) is 18.0 Å². The molecule has 2 N–H and O–H groups in total. The number of alkyl halides is 3. The van der Waals surface area contributed by atoms with E-state index in [0.717, 1.165) is 0 Å². The number of benzene rings is 1. The molecular weight excluding hydrogens is 225 g/mol. The molecule has 3 nitrogen and oxygen atoms in total. The maximum Gasteiger partial charge on any atom is 0.428 e. The van der Waals surface area contributed by atoms with E-state index in [-0.39, 0.29) is 5.56 Å². The largest absolute Gasteiger partial charge is 0.479 e. The molecule has 0 amide bonds. The summed E-state index contributed by atoms with van der Waals surface area (Å²) in [7, 11) is 0. The Morgan fingerprint density at radius 2 is 1.69 bits per heavy atom. The van der Waals surface area contributed by atoms with Crippen molar-refractivity contribution in [2.45, 2.75) is 18.2 Å². The van der Waals surface area contributed by atoms with Crippen molar-refractivity contribution in [3.8, 4) is 0 Å². The summed E-state index contributed by atoms with van der Waals surface area (Å²) >= 11 is 0. The molecule has 1 aromatic rings. The summed E-state index contributed by atoms with van der Waals surface area (Å²) in [4.78, 5) is 10.5. The zero-order valence-corrected chi connectivity index (χ0v) is 8.03. The summed E-state index contributed by atoms with van der Waals surface area (Å²) in [5.74, 6) is -2.30. The first-order valence-electron chi connectivity index (χ1n) is 4.34.